The normalized spacial score (nSPS) is 14.8. The molecule has 1 aliphatic carbocycles. The lowest BCUT2D eigenvalue weighted by atomic mass is 10.2. The number of benzene rings is 1. The first-order chi connectivity index (χ1) is 12.7. The van der Waals surface area contributed by atoms with E-state index in [0.29, 0.717) is 16.2 Å². The Morgan fingerprint density at radius 2 is 2.04 bits per heavy atom. The van der Waals surface area contributed by atoms with Gasteiger partial charge in [0, 0.05) is 6.04 Å². The van der Waals surface area contributed by atoms with E-state index in [0.717, 1.165) is 18.5 Å². The summed E-state index contributed by atoms with van der Waals surface area (Å²) < 4.78 is 1.63. The van der Waals surface area contributed by atoms with Crippen LogP contribution in [-0.2, 0) is 4.79 Å². The van der Waals surface area contributed by atoms with Gasteiger partial charge in [0.25, 0.3) is 5.56 Å². The minimum atomic E-state index is -0.254. The van der Waals surface area contributed by atoms with Gasteiger partial charge in [-0.1, -0.05) is 42.8 Å². The first-order valence-electron chi connectivity index (χ1n) is 8.66. The number of fused-ring (bicyclic) bond motifs is 1. The Kier molecular flexibility index (Phi) is 4.75. The monoisotopic (exact) mass is 369 g/mol. The van der Waals surface area contributed by atoms with Gasteiger partial charge in [-0.15, -0.1) is 0 Å². The van der Waals surface area contributed by atoms with Crippen LogP contribution in [0.25, 0.3) is 16.7 Å². The molecule has 0 saturated heterocycles. The maximum atomic E-state index is 12.3. The molecule has 2 heterocycles. The smallest absolute Gasteiger partial charge is 0.262 e. The fourth-order valence-electron chi connectivity index (χ4n) is 3.20. The topological polar surface area (TPSA) is 92.7 Å². The van der Waals surface area contributed by atoms with E-state index < -0.39 is 0 Å². The maximum absolute atomic E-state index is 12.3. The molecule has 26 heavy (non-hydrogen) atoms. The Labute approximate surface area is 154 Å². The van der Waals surface area contributed by atoms with E-state index in [1.807, 2.05) is 30.3 Å². The number of nitrogens with zero attached hydrogens (tertiary/aromatic N) is 3. The Morgan fingerprint density at radius 3 is 2.81 bits per heavy atom. The van der Waals surface area contributed by atoms with Crippen LogP contribution in [0.4, 0.5) is 0 Å². The molecule has 0 aliphatic heterocycles. The number of para-hydroxylation sites is 1. The van der Waals surface area contributed by atoms with Crippen molar-refractivity contribution in [3.8, 4) is 5.69 Å². The number of amides is 1. The molecular weight excluding hydrogens is 350 g/mol. The molecule has 134 valence electrons. The van der Waals surface area contributed by atoms with Crippen LogP contribution in [0.1, 0.15) is 25.7 Å². The van der Waals surface area contributed by atoms with Gasteiger partial charge in [0.05, 0.1) is 17.6 Å². The first kappa shape index (κ1) is 16.8. The molecule has 2 N–H and O–H groups in total. The largest absolute Gasteiger partial charge is 0.353 e. The van der Waals surface area contributed by atoms with Gasteiger partial charge in [0.1, 0.15) is 5.39 Å². The summed E-state index contributed by atoms with van der Waals surface area (Å²) in [5, 5.41) is 8.16. The van der Waals surface area contributed by atoms with Gasteiger partial charge in [-0.2, -0.15) is 5.10 Å². The Balaban J connectivity index is 1.54. The summed E-state index contributed by atoms with van der Waals surface area (Å²) in [5.74, 6) is 0.200. The highest BCUT2D eigenvalue weighted by atomic mass is 32.2. The number of carbonyl (C=O) groups is 1. The van der Waals surface area contributed by atoms with Gasteiger partial charge >= 0.3 is 0 Å². The lowest BCUT2D eigenvalue weighted by Gasteiger charge is -2.11. The summed E-state index contributed by atoms with van der Waals surface area (Å²) in [6, 6.07) is 9.81. The third-order valence-electron chi connectivity index (χ3n) is 4.48. The van der Waals surface area contributed by atoms with E-state index in [-0.39, 0.29) is 23.3 Å². The molecule has 1 aromatic carbocycles. The third kappa shape index (κ3) is 3.50. The van der Waals surface area contributed by atoms with E-state index in [4.69, 9.17) is 0 Å². The van der Waals surface area contributed by atoms with Crippen LogP contribution in [0, 0.1) is 0 Å². The van der Waals surface area contributed by atoms with Gasteiger partial charge in [0.2, 0.25) is 5.91 Å². The van der Waals surface area contributed by atoms with Crippen molar-refractivity contribution in [2.45, 2.75) is 36.9 Å². The molecule has 8 heteroatoms. The zero-order valence-corrected chi connectivity index (χ0v) is 15.0. The van der Waals surface area contributed by atoms with E-state index in [1.54, 1.807) is 4.68 Å². The second-order valence-corrected chi connectivity index (χ2v) is 7.30. The number of carbonyl (C=O) groups excluding carboxylic acids is 1. The van der Waals surface area contributed by atoms with Crippen LogP contribution in [0.15, 0.2) is 46.5 Å². The number of aromatic nitrogens is 4. The fourth-order valence-corrected chi connectivity index (χ4v) is 3.87. The van der Waals surface area contributed by atoms with Crippen LogP contribution in [0.3, 0.4) is 0 Å². The molecule has 1 amide bonds. The molecule has 3 aromatic rings. The highest BCUT2D eigenvalue weighted by molar-refractivity contribution is 7.99. The summed E-state index contributed by atoms with van der Waals surface area (Å²) in [4.78, 5) is 31.6. The van der Waals surface area contributed by atoms with Crippen molar-refractivity contribution < 1.29 is 4.79 Å². The third-order valence-corrected chi connectivity index (χ3v) is 5.35. The van der Waals surface area contributed by atoms with Crippen molar-refractivity contribution >= 4 is 28.7 Å². The molecule has 4 rings (SSSR count). The quantitative estimate of drug-likeness (QED) is 0.532. The number of aromatic amines is 1. The van der Waals surface area contributed by atoms with Crippen LogP contribution >= 0.6 is 11.8 Å². The highest BCUT2D eigenvalue weighted by Gasteiger charge is 2.18. The minimum Gasteiger partial charge on any atom is -0.353 e. The molecule has 1 fully saturated rings. The molecule has 7 nitrogen and oxygen atoms in total. The lowest BCUT2D eigenvalue weighted by molar-refractivity contribution is -0.119. The Bertz CT molecular complexity index is 976. The van der Waals surface area contributed by atoms with E-state index >= 15 is 0 Å². The first-order valence-corrected chi connectivity index (χ1v) is 9.65. The highest BCUT2D eigenvalue weighted by Crippen LogP contribution is 2.19. The van der Waals surface area contributed by atoms with E-state index in [2.05, 4.69) is 20.4 Å². The van der Waals surface area contributed by atoms with E-state index in [1.165, 1.54) is 30.8 Å². The molecule has 2 aromatic heterocycles. The van der Waals surface area contributed by atoms with Crippen LogP contribution in [0.5, 0.6) is 0 Å². The average molecular weight is 369 g/mol. The molecule has 1 aliphatic rings. The molecule has 0 unspecified atom stereocenters. The molecule has 1 saturated carbocycles. The zero-order valence-electron chi connectivity index (χ0n) is 14.1. The summed E-state index contributed by atoms with van der Waals surface area (Å²) in [7, 11) is 0. The molecular formula is C18H19N5O2S. The van der Waals surface area contributed by atoms with Crippen molar-refractivity contribution in [1.29, 1.82) is 0 Å². The van der Waals surface area contributed by atoms with Crippen LogP contribution in [-0.4, -0.2) is 37.5 Å². The predicted molar refractivity (Wildman–Crippen MR) is 101 cm³/mol. The summed E-state index contributed by atoms with van der Waals surface area (Å²) in [5.41, 5.74) is 1.06. The summed E-state index contributed by atoms with van der Waals surface area (Å²) in [6.45, 7) is 0. The van der Waals surface area contributed by atoms with Crippen molar-refractivity contribution in [2.24, 2.45) is 0 Å². The summed E-state index contributed by atoms with van der Waals surface area (Å²) >= 11 is 1.23. The number of H-pyrrole nitrogens is 1. The van der Waals surface area contributed by atoms with Crippen molar-refractivity contribution in [2.75, 3.05) is 5.75 Å². The molecule has 0 radical (unpaired) electrons. The zero-order chi connectivity index (χ0) is 17.9. The number of thioether (sulfide) groups is 1. The van der Waals surface area contributed by atoms with Gasteiger partial charge in [-0.3, -0.25) is 9.59 Å². The molecule has 0 bridgehead atoms. The molecule has 0 atom stereocenters. The predicted octanol–water partition coefficient (Wildman–Crippen LogP) is 2.26. The fraction of sp³-hybridized carbons (Fsp3) is 0.333. The summed E-state index contributed by atoms with van der Waals surface area (Å²) in [6.07, 6.45) is 5.96. The lowest BCUT2D eigenvalue weighted by Crippen LogP contribution is -2.33. The molecule has 0 spiro atoms. The van der Waals surface area contributed by atoms with Gasteiger partial charge in [-0.25, -0.2) is 9.67 Å². The SMILES string of the molecule is O=C(CSc1nc2c(cnn2-c2ccccc2)c(=O)[nH]1)NC1CCCC1. The van der Waals surface area contributed by atoms with Gasteiger partial charge in [0.15, 0.2) is 10.8 Å². The number of rotatable bonds is 5. The standard InChI is InChI=1S/C18H19N5O2S/c24-15(20-12-6-4-5-7-12)11-26-18-21-16-14(17(25)22-18)10-19-23(16)13-8-2-1-3-9-13/h1-3,8-10,12H,4-7,11H2,(H,20,24)(H,21,22,25). The number of hydrogen-bond donors (Lipinski definition) is 2. The Morgan fingerprint density at radius 1 is 1.27 bits per heavy atom. The van der Waals surface area contributed by atoms with Gasteiger partial charge in [-0.05, 0) is 25.0 Å². The van der Waals surface area contributed by atoms with Crippen molar-refractivity contribution in [1.82, 2.24) is 25.1 Å². The number of hydrogen-bond acceptors (Lipinski definition) is 5. The Hall–Kier alpha value is -2.61. The van der Waals surface area contributed by atoms with Crippen LogP contribution in [0.2, 0.25) is 0 Å². The minimum absolute atomic E-state index is 0.0267. The van der Waals surface area contributed by atoms with Crippen molar-refractivity contribution in [3.63, 3.8) is 0 Å². The number of nitrogens with one attached hydrogen (secondary N) is 2. The maximum Gasteiger partial charge on any atom is 0.262 e. The average Bonchev–Trinajstić information content (AvgIpc) is 3.30. The van der Waals surface area contributed by atoms with E-state index in [9.17, 15) is 9.59 Å². The van der Waals surface area contributed by atoms with Crippen LogP contribution < -0.4 is 10.9 Å². The van der Waals surface area contributed by atoms with Gasteiger partial charge < -0.3 is 10.3 Å². The second-order valence-electron chi connectivity index (χ2n) is 6.34. The second kappa shape index (κ2) is 7.33. The van der Waals surface area contributed by atoms with Crippen molar-refractivity contribution in [3.05, 3.63) is 46.9 Å².